The lowest BCUT2D eigenvalue weighted by Crippen LogP contribution is -2.41. The molecule has 1 aliphatic heterocycles. The van der Waals surface area contributed by atoms with E-state index >= 15 is 4.39 Å². The number of carbonyl (C=O) groups is 1. The largest absolute Gasteiger partial charge is 0.462 e. The van der Waals surface area contributed by atoms with Gasteiger partial charge in [-0.2, -0.15) is 10.1 Å². The topological polar surface area (TPSA) is 173 Å². The molecule has 3 heterocycles. The summed E-state index contributed by atoms with van der Waals surface area (Å²) in [5.41, 5.74) is 3.89. The minimum absolute atomic E-state index is 0.0478. The standard InChI is InChI=1S/C23H30FN6O7P/c1-13(2)35-20(32)14(3)29-38(33,37-15-8-6-5-7-9-15)34-11-17-18(31)23(4,24)21(36-17)30-12-27-16-10-26-22(25)28-19(16)30/h5-10,12-14,17-18,21,31H,11H2,1-4H3,(H,29,33)(H2,25,26,28)/t14?,17-,18-,21?,23-,38-/m1/s1. The summed E-state index contributed by atoms with van der Waals surface area (Å²) in [4.78, 5) is 24.4. The number of benzene rings is 1. The number of nitrogen functional groups attached to an aromatic ring is 1. The number of nitrogens with two attached hydrogens (primary N) is 1. The van der Waals surface area contributed by atoms with Gasteiger partial charge in [-0.15, -0.1) is 0 Å². The van der Waals surface area contributed by atoms with Crippen LogP contribution < -0.4 is 15.3 Å². The zero-order chi connectivity index (χ0) is 27.7. The van der Waals surface area contributed by atoms with Crippen molar-refractivity contribution in [3.63, 3.8) is 0 Å². The first-order valence-corrected chi connectivity index (χ1v) is 13.4. The average molecular weight is 553 g/mol. The van der Waals surface area contributed by atoms with Crippen LogP contribution in [0.15, 0.2) is 42.9 Å². The lowest BCUT2D eigenvalue weighted by atomic mass is 9.98. The van der Waals surface area contributed by atoms with Gasteiger partial charge in [0.15, 0.2) is 17.5 Å². The van der Waals surface area contributed by atoms with E-state index in [1.54, 1.807) is 44.2 Å². The number of nitrogens with zero attached hydrogens (tertiary/aromatic N) is 4. The Hall–Kier alpha value is -3.16. The highest BCUT2D eigenvalue weighted by atomic mass is 31.2. The third-order valence-corrected chi connectivity index (χ3v) is 7.38. The predicted octanol–water partition coefficient (Wildman–Crippen LogP) is 2.53. The fourth-order valence-electron chi connectivity index (χ4n) is 3.87. The van der Waals surface area contributed by atoms with E-state index in [2.05, 4.69) is 20.0 Å². The number of carbonyl (C=O) groups excluding carboxylic acids is 1. The summed E-state index contributed by atoms with van der Waals surface area (Å²) in [6.45, 7) is 5.38. The molecule has 4 rings (SSSR count). The number of ether oxygens (including phenoxy) is 2. The Morgan fingerprint density at radius 2 is 2.03 bits per heavy atom. The second-order valence-corrected chi connectivity index (χ2v) is 10.9. The quantitative estimate of drug-likeness (QED) is 0.248. The summed E-state index contributed by atoms with van der Waals surface area (Å²) in [5.74, 6) is -0.535. The molecule has 1 aromatic carbocycles. The maximum Gasteiger partial charge on any atom is 0.459 e. The Morgan fingerprint density at radius 1 is 1.32 bits per heavy atom. The molecular weight excluding hydrogens is 522 g/mol. The highest BCUT2D eigenvalue weighted by molar-refractivity contribution is 7.52. The molecule has 0 radical (unpaired) electrons. The average Bonchev–Trinajstić information content (AvgIpc) is 3.35. The Bertz CT molecular complexity index is 1320. The molecule has 13 nitrogen and oxygen atoms in total. The Balaban J connectivity index is 1.54. The van der Waals surface area contributed by atoms with Crippen LogP contribution in [0.1, 0.15) is 33.9 Å². The third kappa shape index (κ3) is 5.94. The number of esters is 1. The first-order chi connectivity index (χ1) is 17.9. The minimum atomic E-state index is -4.26. The molecule has 38 heavy (non-hydrogen) atoms. The van der Waals surface area contributed by atoms with Crippen molar-refractivity contribution in [2.45, 2.75) is 63.9 Å². The summed E-state index contributed by atoms with van der Waals surface area (Å²) >= 11 is 0. The molecule has 0 aliphatic carbocycles. The monoisotopic (exact) mass is 552 g/mol. The number of nitrogens with one attached hydrogen (secondary N) is 1. The van der Waals surface area contributed by atoms with E-state index < -0.39 is 56.6 Å². The molecule has 0 bridgehead atoms. The normalized spacial score (nSPS) is 25.8. The van der Waals surface area contributed by atoms with Gasteiger partial charge in [-0.25, -0.2) is 18.9 Å². The Labute approximate surface area is 218 Å². The third-order valence-electron chi connectivity index (χ3n) is 5.74. The van der Waals surface area contributed by atoms with E-state index in [0.717, 1.165) is 6.92 Å². The van der Waals surface area contributed by atoms with Crippen LogP contribution >= 0.6 is 7.75 Å². The van der Waals surface area contributed by atoms with Gasteiger partial charge in [-0.05, 0) is 39.8 Å². The van der Waals surface area contributed by atoms with Crippen LogP contribution in [0.3, 0.4) is 0 Å². The van der Waals surface area contributed by atoms with Crippen molar-refractivity contribution in [1.29, 1.82) is 0 Å². The van der Waals surface area contributed by atoms with Crippen LogP contribution in [0.2, 0.25) is 0 Å². The zero-order valence-corrected chi connectivity index (χ0v) is 22.1. The van der Waals surface area contributed by atoms with E-state index in [0.29, 0.717) is 5.52 Å². The molecule has 0 spiro atoms. The van der Waals surface area contributed by atoms with Crippen molar-refractivity contribution in [2.75, 3.05) is 12.3 Å². The zero-order valence-electron chi connectivity index (χ0n) is 21.2. The highest BCUT2D eigenvalue weighted by Gasteiger charge is 2.56. The van der Waals surface area contributed by atoms with Crippen LogP contribution in [0, 0.1) is 0 Å². The summed E-state index contributed by atoms with van der Waals surface area (Å²) in [6.07, 6.45) is -2.07. The number of hydrogen-bond donors (Lipinski definition) is 3. The van der Waals surface area contributed by atoms with Gasteiger partial charge in [0.25, 0.3) is 0 Å². The Morgan fingerprint density at radius 3 is 2.71 bits per heavy atom. The minimum Gasteiger partial charge on any atom is -0.462 e. The molecule has 1 aliphatic rings. The summed E-state index contributed by atoms with van der Waals surface area (Å²) < 4.78 is 52.9. The van der Waals surface area contributed by atoms with E-state index in [9.17, 15) is 14.5 Å². The predicted molar refractivity (Wildman–Crippen MR) is 134 cm³/mol. The molecule has 15 heteroatoms. The molecule has 2 unspecified atom stereocenters. The van der Waals surface area contributed by atoms with Crippen LogP contribution in [0.5, 0.6) is 5.75 Å². The van der Waals surface area contributed by atoms with Gasteiger partial charge in [0, 0.05) is 0 Å². The number of hydrogen-bond acceptors (Lipinski definition) is 11. The van der Waals surface area contributed by atoms with E-state index in [4.69, 9.17) is 24.3 Å². The number of aliphatic hydroxyl groups excluding tert-OH is 1. The lowest BCUT2D eigenvalue weighted by molar-refractivity contribution is -0.149. The second-order valence-electron chi connectivity index (χ2n) is 9.25. The number of rotatable bonds is 10. The number of alkyl halides is 1. The maximum atomic E-state index is 15.8. The number of anilines is 1. The molecule has 2 aromatic heterocycles. The molecule has 4 N–H and O–H groups in total. The molecule has 3 aromatic rings. The molecule has 0 saturated carbocycles. The summed E-state index contributed by atoms with van der Waals surface area (Å²) in [7, 11) is -4.26. The fourth-order valence-corrected chi connectivity index (χ4v) is 5.37. The van der Waals surface area contributed by atoms with Crippen molar-refractivity contribution in [2.24, 2.45) is 0 Å². The van der Waals surface area contributed by atoms with Gasteiger partial charge in [0.2, 0.25) is 5.95 Å². The number of fused-ring (bicyclic) bond motifs is 1. The van der Waals surface area contributed by atoms with E-state index in [1.807, 2.05) is 0 Å². The molecule has 0 amide bonds. The number of aromatic nitrogens is 4. The van der Waals surface area contributed by atoms with Gasteiger partial charge in [0.1, 0.15) is 29.5 Å². The fraction of sp³-hybridized carbons (Fsp3) is 0.478. The first-order valence-electron chi connectivity index (χ1n) is 11.8. The van der Waals surface area contributed by atoms with Gasteiger partial charge < -0.3 is 24.8 Å². The van der Waals surface area contributed by atoms with Crippen LogP contribution in [0.25, 0.3) is 11.2 Å². The van der Waals surface area contributed by atoms with Gasteiger partial charge in [-0.1, -0.05) is 18.2 Å². The smallest absolute Gasteiger partial charge is 0.459 e. The molecule has 1 saturated heterocycles. The van der Waals surface area contributed by atoms with Crippen molar-refractivity contribution >= 4 is 30.8 Å². The van der Waals surface area contributed by atoms with Crippen LogP contribution in [-0.2, 0) is 23.4 Å². The van der Waals surface area contributed by atoms with Crippen molar-refractivity contribution in [3.05, 3.63) is 42.9 Å². The maximum absolute atomic E-state index is 15.8. The highest BCUT2D eigenvalue weighted by Crippen LogP contribution is 2.48. The second kappa shape index (κ2) is 10.9. The van der Waals surface area contributed by atoms with Crippen LogP contribution in [-0.4, -0.2) is 67.2 Å². The molecular formula is C23H30FN6O7P. The van der Waals surface area contributed by atoms with Gasteiger partial charge in [0.05, 0.1) is 25.2 Å². The first kappa shape index (κ1) is 27.9. The number of halogens is 1. The SMILES string of the molecule is CC(C)OC(=O)C(C)N[P@@](=O)(OC[C@H]1OC(n2cnc3cnc(N)nc32)[C@](C)(F)[C@@H]1O)Oc1ccccc1. The lowest BCUT2D eigenvalue weighted by Gasteiger charge is -2.25. The van der Waals surface area contributed by atoms with Gasteiger partial charge >= 0.3 is 13.7 Å². The van der Waals surface area contributed by atoms with E-state index in [1.165, 1.54) is 24.0 Å². The molecule has 206 valence electrons. The van der Waals surface area contributed by atoms with Crippen molar-refractivity contribution < 1.29 is 37.4 Å². The van der Waals surface area contributed by atoms with Crippen LogP contribution in [0.4, 0.5) is 10.3 Å². The summed E-state index contributed by atoms with van der Waals surface area (Å²) in [6, 6.07) is 7.06. The summed E-state index contributed by atoms with van der Waals surface area (Å²) in [5, 5.41) is 13.3. The van der Waals surface area contributed by atoms with Crippen molar-refractivity contribution in [1.82, 2.24) is 24.6 Å². The molecule has 6 atom stereocenters. The molecule has 1 fully saturated rings. The van der Waals surface area contributed by atoms with Gasteiger partial charge in [-0.3, -0.25) is 13.9 Å². The number of para-hydroxylation sites is 1. The number of aliphatic hydroxyl groups is 1. The van der Waals surface area contributed by atoms with Crippen molar-refractivity contribution in [3.8, 4) is 5.75 Å². The van der Waals surface area contributed by atoms with E-state index in [-0.39, 0.29) is 17.3 Å². The number of imidazole rings is 1. The Kier molecular flexibility index (Phi) is 8.00.